The lowest BCUT2D eigenvalue weighted by molar-refractivity contribution is 0.226. The van der Waals surface area contributed by atoms with Gasteiger partial charge in [-0.05, 0) is 25.5 Å². The zero-order chi connectivity index (χ0) is 16.2. The van der Waals surface area contributed by atoms with Gasteiger partial charge in [-0.25, -0.2) is 0 Å². The Bertz CT molecular complexity index is 551. The first-order valence-corrected chi connectivity index (χ1v) is 8.66. The van der Waals surface area contributed by atoms with Gasteiger partial charge in [0.15, 0.2) is 0 Å². The van der Waals surface area contributed by atoms with E-state index in [0.29, 0.717) is 0 Å². The Balaban J connectivity index is 2.10. The lowest BCUT2D eigenvalue weighted by atomic mass is 9.89. The third-order valence-corrected chi connectivity index (χ3v) is 4.55. The highest BCUT2D eigenvalue weighted by atomic mass is 32.1. The minimum atomic E-state index is 0.0992. The van der Waals surface area contributed by atoms with Crippen LogP contribution in [-0.2, 0) is 18.5 Å². The Hall–Kier alpha value is -1.17. The summed E-state index contributed by atoms with van der Waals surface area (Å²) in [6.07, 6.45) is 1.98. The van der Waals surface area contributed by atoms with Crippen molar-refractivity contribution in [2.75, 3.05) is 27.2 Å². The molecule has 0 saturated heterocycles. The standard InChI is InChI=1S/C17H28N4S/c1-17(2,3)16-14(11-18-19-16)12-21(9-8-20(4)5)13-15-7-6-10-22-15/h6-7,10-11H,8-9,12-13H2,1-5H3,(H,18,19). The third kappa shape index (κ3) is 4.93. The van der Waals surface area contributed by atoms with Gasteiger partial charge in [-0.2, -0.15) is 5.10 Å². The molecule has 0 amide bonds. The van der Waals surface area contributed by atoms with Gasteiger partial charge in [0.05, 0.1) is 6.20 Å². The summed E-state index contributed by atoms with van der Waals surface area (Å²) < 4.78 is 0. The number of rotatable bonds is 7. The molecule has 0 aromatic carbocycles. The van der Waals surface area contributed by atoms with Crippen LogP contribution in [0.5, 0.6) is 0 Å². The summed E-state index contributed by atoms with van der Waals surface area (Å²) in [6.45, 7) is 10.7. The molecule has 5 heteroatoms. The number of H-pyrrole nitrogens is 1. The van der Waals surface area contributed by atoms with Crippen molar-refractivity contribution in [1.82, 2.24) is 20.0 Å². The van der Waals surface area contributed by atoms with Gasteiger partial charge in [-0.3, -0.25) is 10.00 Å². The van der Waals surface area contributed by atoms with Gasteiger partial charge in [0.2, 0.25) is 0 Å². The van der Waals surface area contributed by atoms with Crippen molar-refractivity contribution in [2.45, 2.75) is 39.3 Å². The zero-order valence-electron chi connectivity index (χ0n) is 14.4. The summed E-state index contributed by atoms with van der Waals surface area (Å²) in [5.74, 6) is 0. The van der Waals surface area contributed by atoms with Gasteiger partial charge in [-0.15, -0.1) is 11.3 Å². The number of likely N-dealkylation sites (N-methyl/N-ethyl adjacent to an activating group) is 1. The number of nitrogens with one attached hydrogen (secondary N) is 1. The molecule has 2 rings (SSSR count). The van der Waals surface area contributed by atoms with Crippen LogP contribution in [-0.4, -0.2) is 47.2 Å². The van der Waals surface area contributed by atoms with E-state index in [9.17, 15) is 0 Å². The van der Waals surface area contributed by atoms with Gasteiger partial charge in [0.25, 0.3) is 0 Å². The molecule has 0 aliphatic rings. The van der Waals surface area contributed by atoms with Gasteiger partial charge >= 0.3 is 0 Å². The van der Waals surface area contributed by atoms with Gasteiger partial charge in [-0.1, -0.05) is 26.8 Å². The van der Waals surface area contributed by atoms with Crippen molar-refractivity contribution in [3.63, 3.8) is 0 Å². The second-order valence-electron chi connectivity index (χ2n) is 7.11. The molecule has 2 heterocycles. The Morgan fingerprint density at radius 1 is 1.18 bits per heavy atom. The van der Waals surface area contributed by atoms with Crippen molar-refractivity contribution in [3.05, 3.63) is 39.8 Å². The summed E-state index contributed by atoms with van der Waals surface area (Å²) in [5.41, 5.74) is 2.65. The highest BCUT2D eigenvalue weighted by molar-refractivity contribution is 7.09. The molecule has 0 aliphatic carbocycles. The fraction of sp³-hybridized carbons (Fsp3) is 0.588. The lowest BCUT2D eigenvalue weighted by Gasteiger charge is -2.25. The van der Waals surface area contributed by atoms with E-state index < -0.39 is 0 Å². The van der Waals surface area contributed by atoms with E-state index in [1.54, 1.807) is 0 Å². The lowest BCUT2D eigenvalue weighted by Crippen LogP contribution is -2.31. The SMILES string of the molecule is CN(C)CCN(Cc1cccs1)Cc1cn[nH]c1C(C)(C)C. The fourth-order valence-electron chi connectivity index (χ4n) is 2.50. The van der Waals surface area contributed by atoms with Gasteiger partial charge in [0.1, 0.15) is 0 Å². The number of thiophene rings is 1. The highest BCUT2D eigenvalue weighted by Crippen LogP contribution is 2.25. The minimum Gasteiger partial charge on any atom is -0.308 e. The van der Waals surface area contributed by atoms with E-state index in [2.05, 4.69) is 72.4 Å². The summed E-state index contributed by atoms with van der Waals surface area (Å²) in [4.78, 5) is 6.16. The molecule has 0 spiro atoms. The summed E-state index contributed by atoms with van der Waals surface area (Å²) in [7, 11) is 4.25. The molecule has 0 radical (unpaired) electrons. The van der Waals surface area contributed by atoms with Gasteiger partial charge < -0.3 is 4.90 Å². The molecular weight excluding hydrogens is 292 g/mol. The maximum Gasteiger partial charge on any atom is 0.0535 e. The largest absolute Gasteiger partial charge is 0.308 e. The fourth-order valence-corrected chi connectivity index (χ4v) is 3.25. The molecule has 122 valence electrons. The van der Waals surface area contributed by atoms with Crippen molar-refractivity contribution in [2.24, 2.45) is 0 Å². The Labute approximate surface area is 138 Å². The van der Waals surface area contributed by atoms with Crippen LogP contribution in [0.1, 0.15) is 36.9 Å². The molecule has 4 nitrogen and oxygen atoms in total. The average molecular weight is 321 g/mol. The maximum absolute atomic E-state index is 4.27. The smallest absolute Gasteiger partial charge is 0.0535 e. The molecule has 22 heavy (non-hydrogen) atoms. The second kappa shape index (κ2) is 7.40. The molecule has 0 bridgehead atoms. The van der Waals surface area contributed by atoms with Crippen LogP contribution in [0, 0.1) is 0 Å². The van der Waals surface area contributed by atoms with Crippen LogP contribution >= 0.6 is 11.3 Å². The van der Waals surface area contributed by atoms with Crippen molar-refractivity contribution >= 4 is 11.3 Å². The molecule has 0 fully saturated rings. The van der Waals surface area contributed by atoms with Crippen LogP contribution in [0.4, 0.5) is 0 Å². The normalized spacial score (nSPS) is 12.5. The predicted octanol–water partition coefficient (Wildman–Crippen LogP) is 3.33. The summed E-state index contributed by atoms with van der Waals surface area (Å²) >= 11 is 1.83. The molecule has 0 aliphatic heterocycles. The Morgan fingerprint density at radius 2 is 1.95 bits per heavy atom. The molecule has 2 aromatic rings. The number of aromatic amines is 1. The number of hydrogen-bond donors (Lipinski definition) is 1. The van der Waals surface area contributed by atoms with E-state index in [1.807, 2.05) is 17.5 Å². The monoisotopic (exact) mass is 320 g/mol. The minimum absolute atomic E-state index is 0.0992. The second-order valence-corrected chi connectivity index (χ2v) is 8.15. The van der Waals surface area contributed by atoms with Gasteiger partial charge in [0, 0.05) is 47.7 Å². The number of aromatic nitrogens is 2. The zero-order valence-corrected chi connectivity index (χ0v) is 15.2. The molecule has 0 saturated carbocycles. The Morgan fingerprint density at radius 3 is 2.55 bits per heavy atom. The maximum atomic E-state index is 4.27. The predicted molar refractivity (Wildman–Crippen MR) is 94.3 cm³/mol. The molecule has 0 atom stereocenters. The molecule has 2 aromatic heterocycles. The van der Waals surface area contributed by atoms with Crippen LogP contribution in [0.2, 0.25) is 0 Å². The first kappa shape index (κ1) is 17.2. The van der Waals surface area contributed by atoms with Crippen molar-refractivity contribution < 1.29 is 0 Å². The third-order valence-electron chi connectivity index (χ3n) is 3.68. The summed E-state index contributed by atoms with van der Waals surface area (Å²) in [6, 6.07) is 4.34. The molecule has 1 N–H and O–H groups in total. The van der Waals surface area contributed by atoms with Crippen LogP contribution in [0.25, 0.3) is 0 Å². The topological polar surface area (TPSA) is 35.2 Å². The van der Waals surface area contributed by atoms with Crippen LogP contribution in [0.15, 0.2) is 23.7 Å². The van der Waals surface area contributed by atoms with Crippen molar-refractivity contribution in [3.8, 4) is 0 Å². The van der Waals surface area contributed by atoms with E-state index in [1.165, 1.54) is 16.1 Å². The Kier molecular flexibility index (Phi) is 5.78. The van der Waals surface area contributed by atoms with E-state index in [0.717, 1.165) is 26.2 Å². The van der Waals surface area contributed by atoms with Crippen molar-refractivity contribution in [1.29, 1.82) is 0 Å². The summed E-state index contributed by atoms with van der Waals surface area (Å²) in [5, 5.41) is 9.62. The highest BCUT2D eigenvalue weighted by Gasteiger charge is 2.21. The first-order valence-electron chi connectivity index (χ1n) is 7.78. The number of nitrogens with zero attached hydrogens (tertiary/aromatic N) is 3. The van der Waals surface area contributed by atoms with Crippen LogP contribution in [0.3, 0.4) is 0 Å². The quantitative estimate of drug-likeness (QED) is 0.850. The van der Waals surface area contributed by atoms with Crippen LogP contribution < -0.4 is 0 Å². The van der Waals surface area contributed by atoms with E-state index in [-0.39, 0.29) is 5.41 Å². The first-order chi connectivity index (χ1) is 10.4. The number of hydrogen-bond acceptors (Lipinski definition) is 4. The molecule has 0 unspecified atom stereocenters. The van der Waals surface area contributed by atoms with E-state index >= 15 is 0 Å². The molecular formula is C17H28N4S. The van der Waals surface area contributed by atoms with E-state index in [4.69, 9.17) is 0 Å². The average Bonchev–Trinajstić information content (AvgIpc) is 3.06.